The summed E-state index contributed by atoms with van der Waals surface area (Å²) in [5.41, 5.74) is 0. The predicted octanol–water partition coefficient (Wildman–Crippen LogP) is 4.13. The van der Waals surface area contributed by atoms with Crippen LogP contribution in [0.5, 0.6) is 0 Å². The summed E-state index contributed by atoms with van der Waals surface area (Å²) in [4.78, 5) is 12.8. The molecule has 7 N–H and O–H groups in total. The summed E-state index contributed by atoms with van der Waals surface area (Å²) in [5, 5.41) is 63.9. The van der Waals surface area contributed by atoms with Crippen LogP contribution in [0.1, 0.15) is 110 Å². The van der Waals surface area contributed by atoms with Crippen LogP contribution in [0.2, 0.25) is 0 Å². The van der Waals surface area contributed by atoms with Gasteiger partial charge in [-0.05, 0) is 57.8 Å². The number of carbonyl (C=O) groups excluding carboxylic acids is 1. The Labute approximate surface area is 276 Å². The van der Waals surface area contributed by atoms with E-state index in [1.807, 2.05) is 0 Å². The summed E-state index contributed by atoms with van der Waals surface area (Å²) in [6, 6.07) is -1.01. The van der Waals surface area contributed by atoms with Gasteiger partial charge in [0.1, 0.15) is 30.5 Å². The summed E-state index contributed by atoms with van der Waals surface area (Å²) < 4.78 is 11.0. The number of ether oxygens (including phenoxy) is 2. The third-order valence-corrected chi connectivity index (χ3v) is 7.96. The number of hydrogen-bond acceptors (Lipinski definition) is 9. The van der Waals surface area contributed by atoms with E-state index >= 15 is 0 Å². The highest BCUT2D eigenvalue weighted by atomic mass is 16.7. The maximum atomic E-state index is 12.8. The zero-order valence-corrected chi connectivity index (χ0v) is 28.2. The molecule has 10 heteroatoms. The Kier molecular flexibility index (Phi) is 24.8. The van der Waals surface area contributed by atoms with Gasteiger partial charge in [0, 0.05) is 0 Å². The molecule has 266 valence electrons. The van der Waals surface area contributed by atoms with Crippen LogP contribution in [-0.4, -0.2) is 98.7 Å². The molecular formula is C36H63NO9. The molecule has 8 atom stereocenters. The van der Waals surface area contributed by atoms with E-state index in [1.165, 1.54) is 25.7 Å². The van der Waals surface area contributed by atoms with Gasteiger partial charge in [0.25, 0.3) is 0 Å². The molecule has 1 rings (SSSR count). The summed E-state index contributed by atoms with van der Waals surface area (Å²) in [7, 11) is 0. The fourth-order valence-electron chi connectivity index (χ4n) is 4.92. The second-order valence-corrected chi connectivity index (χ2v) is 12.1. The first-order valence-electron chi connectivity index (χ1n) is 17.5. The predicted molar refractivity (Wildman–Crippen MR) is 181 cm³/mol. The Bertz CT molecular complexity index is 876. The Morgan fingerprint density at radius 2 is 1.28 bits per heavy atom. The number of aliphatic hydroxyl groups is 6. The molecule has 0 spiro atoms. The number of allylic oxidation sites excluding steroid dienone is 7. The van der Waals surface area contributed by atoms with Gasteiger partial charge in [-0.25, -0.2) is 0 Å². The molecular weight excluding hydrogens is 590 g/mol. The zero-order chi connectivity index (χ0) is 34.0. The molecule has 0 aliphatic carbocycles. The lowest BCUT2D eigenvalue weighted by molar-refractivity contribution is -0.302. The number of hydrogen-bond donors (Lipinski definition) is 7. The molecule has 1 fully saturated rings. The summed E-state index contributed by atoms with van der Waals surface area (Å²) in [6.45, 7) is 3.41. The quantitative estimate of drug-likeness (QED) is 0.0536. The molecule has 8 unspecified atom stereocenters. The molecule has 1 amide bonds. The van der Waals surface area contributed by atoms with Crippen molar-refractivity contribution >= 4 is 5.91 Å². The van der Waals surface area contributed by atoms with Crippen molar-refractivity contribution in [1.29, 1.82) is 0 Å². The topological polar surface area (TPSA) is 169 Å². The molecule has 46 heavy (non-hydrogen) atoms. The smallest absolute Gasteiger partial charge is 0.249 e. The average Bonchev–Trinajstić information content (AvgIpc) is 3.05. The number of carbonyl (C=O) groups is 1. The van der Waals surface area contributed by atoms with Crippen LogP contribution in [0, 0.1) is 0 Å². The van der Waals surface area contributed by atoms with Crippen LogP contribution in [0.15, 0.2) is 48.6 Å². The van der Waals surface area contributed by atoms with Crippen LogP contribution < -0.4 is 5.32 Å². The highest BCUT2D eigenvalue weighted by molar-refractivity contribution is 5.80. The van der Waals surface area contributed by atoms with Gasteiger partial charge >= 0.3 is 0 Å². The maximum absolute atomic E-state index is 12.8. The lowest BCUT2D eigenvalue weighted by Crippen LogP contribution is -2.60. The lowest BCUT2D eigenvalue weighted by atomic mass is 9.99. The van der Waals surface area contributed by atoms with Crippen molar-refractivity contribution in [1.82, 2.24) is 5.32 Å². The molecule has 0 aromatic carbocycles. The van der Waals surface area contributed by atoms with Gasteiger partial charge in [0.2, 0.25) is 5.91 Å². The SMILES string of the molecule is CCCC/C=C\CCCCCC(O)C(=O)NC(COC1OC(CO)C(O)C(O)C1O)C(O)/C=C/CC/C=C/CC/C=C/CCCC. The van der Waals surface area contributed by atoms with Crippen molar-refractivity contribution < 1.29 is 44.9 Å². The van der Waals surface area contributed by atoms with Crippen LogP contribution in [0.25, 0.3) is 0 Å². The molecule has 0 bridgehead atoms. The lowest BCUT2D eigenvalue weighted by Gasteiger charge is -2.40. The highest BCUT2D eigenvalue weighted by Gasteiger charge is 2.44. The molecule has 0 radical (unpaired) electrons. The molecule has 1 aliphatic heterocycles. The molecule has 0 aromatic heterocycles. The fraction of sp³-hybridized carbons (Fsp3) is 0.750. The average molecular weight is 654 g/mol. The molecule has 1 aliphatic rings. The second-order valence-electron chi connectivity index (χ2n) is 12.1. The fourth-order valence-corrected chi connectivity index (χ4v) is 4.92. The van der Waals surface area contributed by atoms with Crippen LogP contribution in [-0.2, 0) is 14.3 Å². The van der Waals surface area contributed by atoms with Gasteiger partial charge in [-0.2, -0.15) is 0 Å². The summed E-state index contributed by atoms with van der Waals surface area (Å²) in [6.07, 6.45) is 20.8. The van der Waals surface area contributed by atoms with Gasteiger partial charge in [-0.15, -0.1) is 0 Å². The number of rotatable bonds is 26. The van der Waals surface area contributed by atoms with E-state index < -0.39 is 61.5 Å². The van der Waals surface area contributed by atoms with Gasteiger partial charge in [-0.1, -0.05) is 101 Å². The normalized spacial score (nSPS) is 24.4. The van der Waals surface area contributed by atoms with Gasteiger partial charge in [-0.3, -0.25) is 4.79 Å². The standard InChI is InChI=1S/C36H63NO9/c1-3-5-7-9-11-13-14-15-17-18-20-22-24-29(39)28(27-45-36-34(43)33(42)32(41)31(26-38)46-36)37-35(44)30(40)25-23-21-19-16-12-10-8-6-4-2/h9-12,15,17,22,24,28-34,36,38-43H,3-8,13-14,16,18-21,23,25-27H2,1-2H3,(H,37,44)/b11-9+,12-10-,17-15+,24-22+. The largest absolute Gasteiger partial charge is 0.394 e. The van der Waals surface area contributed by atoms with E-state index in [2.05, 4.69) is 55.6 Å². The number of aliphatic hydroxyl groups excluding tert-OH is 6. The molecule has 0 saturated carbocycles. The van der Waals surface area contributed by atoms with Gasteiger partial charge in [0.15, 0.2) is 6.29 Å². The van der Waals surface area contributed by atoms with Crippen LogP contribution in [0.4, 0.5) is 0 Å². The maximum Gasteiger partial charge on any atom is 0.249 e. The highest BCUT2D eigenvalue weighted by Crippen LogP contribution is 2.22. The van der Waals surface area contributed by atoms with E-state index in [4.69, 9.17) is 9.47 Å². The Hall–Kier alpha value is -1.89. The van der Waals surface area contributed by atoms with Crippen molar-refractivity contribution in [2.45, 2.75) is 159 Å². The third kappa shape index (κ3) is 18.4. The first-order valence-corrected chi connectivity index (χ1v) is 17.5. The van der Waals surface area contributed by atoms with E-state index in [1.54, 1.807) is 12.2 Å². The van der Waals surface area contributed by atoms with Crippen LogP contribution >= 0.6 is 0 Å². The Morgan fingerprint density at radius 3 is 1.85 bits per heavy atom. The molecule has 1 saturated heterocycles. The second kappa shape index (κ2) is 27.1. The van der Waals surface area contributed by atoms with Crippen molar-refractivity contribution in [2.75, 3.05) is 13.2 Å². The minimum absolute atomic E-state index is 0.276. The van der Waals surface area contributed by atoms with Crippen molar-refractivity contribution in [3.8, 4) is 0 Å². The summed E-state index contributed by atoms with van der Waals surface area (Å²) in [5.74, 6) is -0.652. The Balaban J connectivity index is 2.65. The minimum atomic E-state index is -1.62. The van der Waals surface area contributed by atoms with Crippen molar-refractivity contribution in [3.05, 3.63) is 48.6 Å². The molecule has 1 heterocycles. The number of nitrogens with one attached hydrogen (secondary N) is 1. The monoisotopic (exact) mass is 653 g/mol. The third-order valence-electron chi connectivity index (χ3n) is 7.96. The van der Waals surface area contributed by atoms with Crippen molar-refractivity contribution in [3.63, 3.8) is 0 Å². The summed E-state index contributed by atoms with van der Waals surface area (Å²) >= 11 is 0. The van der Waals surface area contributed by atoms with E-state index in [9.17, 15) is 35.4 Å². The van der Waals surface area contributed by atoms with Gasteiger partial charge < -0.3 is 45.4 Å². The van der Waals surface area contributed by atoms with E-state index in [0.717, 1.165) is 51.4 Å². The van der Waals surface area contributed by atoms with E-state index in [0.29, 0.717) is 12.8 Å². The molecule has 0 aromatic rings. The van der Waals surface area contributed by atoms with Crippen LogP contribution in [0.3, 0.4) is 0 Å². The Morgan fingerprint density at radius 1 is 0.739 bits per heavy atom. The minimum Gasteiger partial charge on any atom is -0.394 e. The van der Waals surface area contributed by atoms with E-state index in [-0.39, 0.29) is 13.0 Å². The number of unbranched alkanes of at least 4 members (excludes halogenated alkanes) is 9. The van der Waals surface area contributed by atoms with Crippen molar-refractivity contribution in [2.24, 2.45) is 0 Å². The first-order chi connectivity index (χ1) is 22.3. The first kappa shape index (κ1) is 42.1. The molecule has 10 nitrogen and oxygen atoms in total. The van der Waals surface area contributed by atoms with Gasteiger partial charge in [0.05, 0.1) is 25.4 Å². The number of amides is 1. The zero-order valence-electron chi connectivity index (χ0n) is 28.2.